The highest BCUT2D eigenvalue weighted by Gasteiger charge is 2.32. The number of rotatable bonds is 12. The number of fused-ring (bicyclic) bond motifs is 2. The largest absolute Gasteiger partial charge is 0.368 e. The molecule has 3 heterocycles. The minimum absolute atomic E-state index is 0.0119. The number of H-pyrrole nitrogens is 2. The SMILES string of the molecule is C=CCN1CC#CCN(NC(=O)[C@H](N)C(C)C)C(=O)N[C@H](Cc2c[nH]c3ccccc23)C(=O)N[C@@H](C)C(=O)NN(Cc2c[nH]c3ccccc23)C(=O)N[C@H](Cc2ccccc2)C(=O)N[C@H](C(N)=O)CCCC1. The lowest BCUT2D eigenvalue weighted by Gasteiger charge is -2.29. The molecule has 20 heteroatoms. The van der Waals surface area contributed by atoms with Gasteiger partial charge < -0.3 is 42.7 Å². The van der Waals surface area contributed by atoms with Crippen molar-refractivity contribution in [2.24, 2.45) is 17.4 Å². The zero-order valence-corrected chi connectivity index (χ0v) is 40.8. The van der Waals surface area contributed by atoms with E-state index in [1.165, 1.54) is 6.92 Å². The fraction of sp³-hybridized carbons (Fsp3) is 0.365. The molecular weight excluding hydrogens is 919 g/mol. The zero-order valence-electron chi connectivity index (χ0n) is 40.8. The zero-order chi connectivity index (χ0) is 51.7. The van der Waals surface area contributed by atoms with Gasteiger partial charge in [0.25, 0.3) is 11.8 Å². The van der Waals surface area contributed by atoms with E-state index in [0.29, 0.717) is 42.6 Å². The predicted molar refractivity (Wildman–Crippen MR) is 273 cm³/mol. The molecule has 5 aromatic rings. The van der Waals surface area contributed by atoms with Crippen LogP contribution in [0.4, 0.5) is 9.59 Å². The number of hydrazine groups is 2. The summed E-state index contributed by atoms with van der Waals surface area (Å²) in [6.45, 7) is 9.50. The molecular formula is C52H65N13O7. The number of amides is 9. The van der Waals surface area contributed by atoms with E-state index in [1.807, 2.05) is 59.5 Å². The van der Waals surface area contributed by atoms with Gasteiger partial charge in [-0.3, -0.25) is 39.7 Å². The first-order valence-electron chi connectivity index (χ1n) is 24.0. The Kier molecular flexibility index (Phi) is 18.9. The first kappa shape index (κ1) is 53.2. The van der Waals surface area contributed by atoms with Crippen LogP contribution in [0, 0.1) is 17.8 Å². The van der Waals surface area contributed by atoms with Crippen molar-refractivity contribution in [1.82, 2.24) is 57.0 Å². The number of nitrogens with two attached hydrogens (primary N) is 2. The molecule has 0 saturated carbocycles. The van der Waals surface area contributed by atoms with Crippen LogP contribution in [0.15, 0.2) is 104 Å². The van der Waals surface area contributed by atoms with Crippen LogP contribution < -0.4 is 43.6 Å². The number of para-hydroxylation sites is 2. The molecule has 0 aliphatic carbocycles. The molecule has 0 unspecified atom stereocenters. The van der Waals surface area contributed by atoms with Crippen molar-refractivity contribution in [3.63, 3.8) is 0 Å². The van der Waals surface area contributed by atoms with Crippen LogP contribution in [-0.4, -0.2) is 123 Å². The molecule has 20 nitrogen and oxygen atoms in total. The van der Waals surface area contributed by atoms with E-state index in [4.69, 9.17) is 11.5 Å². The van der Waals surface area contributed by atoms with E-state index in [2.05, 4.69) is 60.5 Å². The molecule has 3 aromatic carbocycles. The van der Waals surface area contributed by atoms with Crippen LogP contribution in [0.1, 0.15) is 56.7 Å². The van der Waals surface area contributed by atoms with Crippen molar-refractivity contribution in [2.45, 2.75) is 89.6 Å². The number of benzene rings is 3. The van der Waals surface area contributed by atoms with E-state index in [1.54, 1.807) is 56.6 Å². The van der Waals surface area contributed by atoms with Crippen molar-refractivity contribution in [3.05, 3.63) is 121 Å². The minimum atomic E-state index is -1.33. The number of primary amides is 1. The lowest BCUT2D eigenvalue weighted by atomic mass is 10.0. The van der Waals surface area contributed by atoms with Crippen LogP contribution in [-0.2, 0) is 43.4 Å². The molecule has 5 atom stereocenters. The molecule has 12 N–H and O–H groups in total. The number of carbonyl (C=O) groups excluding carboxylic acids is 7. The van der Waals surface area contributed by atoms with Gasteiger partial charge in [-0.05, 0) is 67.5 Å². The summed E-state index contributed by atoms with van der Waals surface area (Å²) < 4.78 is 0. The first-order chi connectivity index (χ1) is 34.6. The van der Waals surface area contributed by atoms with Gasteiger partial charge in [-0.15, -0.1) is 6.58 Å². The van der Waals surface area contributed by atoms with Crippen molar-refractivity contribution in [3.8, 4) is 11.8 Å². The summed E-state index contributed by atoms with van der Waals surface area (Å²) in [5.41, 5.74) is 20.8. The molecule has 0 saturated heterocycles. The third-order valence-corrected chi connectivity index (χ3v) is 12.3. The Morgan fingerprint density at radius 3 is 2.03 bits per heavy atom. The standard InChI is InChI=1S/C52H65N13O7/c1-5-24-63-25-14-13-23-42(46(54)66)58-49(69)43(28-35-17-7-6-8-18-35)59-52(72)65(32-37-31-56-41-22-12-10-20-39(37)41)61-47(67)34(4)57-48(68)44(29-36-30-55-40-21-11-9-19-38(36)40)60-51(71)64(27-16-15-26-63)62-50(70)45(53)33(2)3/h5-12,17-22,30-31,33-34,42-45,55-56H,1,13-14,23-29,32,53H2,2-4H3,(H2,54,66)(H,57,68)(H,58,69)(H,59,72)(H,60,71)(H,61,67)(H,62,70)/t34-,42-,43+,44+,45+/m0/s1. The van der Waals surface area contributed by atoms with Gasteiger partial charge in [-0.1, -0.05) is 98.5 Å². The molecule has 0 bridgehead atoms. The monoisotopic (exact) mass is 984 g/mol. The van der Waals surface area contributed by atoms with Crippen LogP contribution in [0.5, 0.6) is 0 Å². The lowest BCUT2D eigenvalue weighted by Crippen LogP contribution is -2.61. The average Bonchev–Trinajstić information content (AvgIpc) is 3.98. The molecule has 0 spiro atoms. The molecule has 9 amide bonds. The van der Waals surface area contributed by atoms with E-state index < -0.39 is 71.8 Å². The topological polar surface area (TPSA) is 285 Å². The second-order valence-electron chi connectivity index (χ2n) is 18.1. The van der Waals surface area contributed by atoms with E-state index >= 15 is 0 Å². The second kappa shape index (κ2) is 25.6. The maximum absolute atomic E-state index is 14.6. The number of nitrogens with zero attached hydrogens (tertiary/aromatic N) is 3. The molecule has 0 fully saturated rings. The highest BCUT2D eigenvalue weighted by atomic mass is 16.2. The maximum Gasteiger partial charge on any atom is 0.337 e. The summed E-state index contributed by atoms with van der Waals surface area (Å²) in [6, 6.07) is 16.0. The van der Waals surface area contributed by atoms with E-state index in [9.17, 15) is 33.6 Å². The van der Waals surface area contributed by atoms with Gasteiger partial charge >= 0.3 is 12.1 Å². The van der Waals surface area contributed by atoms with Crippen LogP contribution >= 0.6 is 0 Å². The minimum Gasteiger partial charge on any atom is -0.368 e. The Balaban J connectivity index is 1.36. The number of aromatic amines is 2. The molecule has 6 rings (SSSR count). The fourth-order valence-electron chi connectivity index (χ4n) is 8.08. The van der Waals surface area contributed by atoms with Crippen molar-refractivity contribution < 1.29 is 33.6 Å². The van der Waals surface area contributed by atoms with Crippen LogP contribution in [0.3, 0.4) is 0 Å². The summed E-state index contributed by atoms with van der Waals surface area (Å²) in [6.07, 6.45) is 6.31. The Morgan fingerprint density at radius 1 is 0.764 bits per heavy atom. The summed E-state index contributed by atoms with van der Waals surface area (Å²) in [7, 11) is 0. The number of urea groups is 2. The highest BCUT2D eigenvalue weighted by molar-refractivity contribution is 5.95. The normalized spacial score (nSPS) is 20.2. The number of nitrogens with one attached hydrogen (secondary N) is 8. The third-order valence-electron chi connectivity index (χ3n) is 12.3. The van der Waals surface area contributed by atoms with Gasteiger partial charge in [0.15, 0.2) is 0 Å². The van der Waals surface area contributed by atoms with E-state index in [-0.39, 0.29) is 44.8 Å². The Morgan fingerprint density at radius 2 is 1.36 bits per heavy atom. The van der Waals surface area contributed by atoms with Gasteiger partial charge in [-0.2, -0.15) is 0 Å². The number of aromatic nitrogens is 2. The highest BCUT2D eigenvalue weighted by Crippen LogP contribution is 2.21. The van der Waals surface area contributed by atoms with Gasteiger partial charge in [0, 0.05) is 53.6 Å². The summed E-state index contributed by atoms with van der Waals surface area (Å²) >= 11 is 0. The van der Waals surface area contributed by atoms with Gasteiger partial charge in [0.2, 0.25) is 17.7 Å². The summed E-state index contributed by atoms with van der Waals surface area (Å²) in [4.78, 5) is 106. The van der Waals surface area contributed by atoms with Gasteiger partial charge in [-0.25, -0.2) is 19.6 Å². The smallest absolute Gasteiger partial charge is 0.337 e. The van der Waals surface area contributed by atoms with Crippen molar-refractivity contribution >= 4 is 63.4 Å². The molecule has 72 heavy (non-hydrogen) atoms. The second-order valence-corrected chi connectivity index (χ2v) is 18.1. The Hall–Kier alpha value is -8.15. The van der Waals surface area contributed by atoms with Gasteiger partial charge in [0.1, 0.15) is 30.7 Å². The number of hydrogen-bond acceptors (Lipinski definition) is 9. The number of hydrogen-bond donors (Lipinski definition) is 10. The Labute approximate surface area is 418 Å². The van der Waals surface area contributed by atoms with E-state index in [0.717, 1.165) is 31.8 Å². The quantitative estimate of drug-likeness (QED) is 0.0649. The molecule has 2 aromatic heterocycles. The molecule has 1 aliphatic rings. The maximum atomic E-state index is 14.6. The molecule has 1 aliphatic heterocycles. The lowest BCUT2D eigenvalue weighted by molar-refractivity contribution is -0.132. The van der Waals surface area contributed by atoms with Gasteiger partial charge in [0.05, 0.1) is 19.1 Å². The van der Waals surface area contributed by atoms with Crippen molar-refractivity contribution in [1.29, 1.82) is 0 Å². The average molecular weight is 984 g/mol. The summed E-state index contributed by atoms with van der Waals surface area (Å²) in [5, 5.41) is 14.5. The fourth-order valence-corrected chi connectivity index (χ4v) is 8.08. The van der Waals surface area contributed by atoms with Crippen LogP contribution in [0.25, 0.3) is 21.8 Å². The summed E-state index contributed by atoms with van der Waals surface area (Å²) in [5.74, 6) is 2.04. The molecule has 0 radical (unpaired) electrons. The predicted octanol–water partition coefficient (Wildman–Crippen LogP) is 2.59. The third kappa shape index (κ3) is 14.7. The van der Waals surface area contributed by atoms with Crippen molar-refractivity contribution in [2.75, 3.05) is 26.2 Å². The number of carbonyl (C=O) groups is 7. The molecule has 380 valence electrons. The first-order valence-corrected chi connectivity index (χ1v) is 24.0. The van der Waals surface area contributed by atoms with Crippen LogP contribution in [0.2, 0.25) is 0 Å². The Bertz CT molecular complexity index is 2780.